The molecule has 3 fully saturated rings. The SMILES string of the molecule is O=C(c1ccc2c(ccn2C2CCN(c3ccc(C(F)(F)F)cc3)CC2)c1)N1CCN(C2CCCC2)CC1. The van der Waals surface area contributed by atoms with Gasteiger partial charge in [-0.1, -0.05) is 12.8 Å². The average Bonchev–Trinajstić information content (AvgIpc) is 3.63. The molecule has 38 heavy (non-hydrogen) atoms. The molecule has 0 N–H and O–H groups in total. The Kier molecular flexibility index (Phi) is 6.84. The summed E-state index contributed by atoms with van der Waals surface area (Å²) in [6, 6.07) is 14.6. The lowest BCUT2D eigenvalue weighted by Crippen LogP contribution is -2.51. The Balaban J connectivity index is 1.08. The van der Waals surface area contributed by atoms with Crippen LogP contribution in [-0.2, 0) is 6.18 Å². The lowest BCUT2D eigenvalue weighted by Gasteiger charge is -2.38. The second-order valence-corrected chi connectivity index (χ2v) is 11.0. The van der Waals surface area contributed by atoms with Crippen LogP contribution in [0, 0.1) is 0 Å². The van der Waals surface area contributed by atoms with Gasteiger partial charge >= 0.3 is 6.18 Å². The molecule has 1 aromatic heterocycles. The largest absolute Gasteiger partial charge is 0.416 e. The molecule has 3 heterocycles. The van der Waals surface area contributed by atoms with Gasteiger partial charge in [0.15, 0.2) is 0 Å². The minimum absolute atomic E-state index is 0.121. The molecule has 8 heteroatoms. The Labute approximate surface area is 221 Å². The molecule has 6 rings (SSSR count). The van der Waals surface area contributed by atoms with Crippen molar-refractivity contribution in [1.82, 2.24) is 14.4 Å². The van der Waals surface area contributed by atoms with E-state index in [1.165, 1.54) is 25.7 Å². The first-order chi connectivity index (χ1) is 18.4. The minimum atomic E-state index is -4.31. The lowest BCUT2D eigenvalue weighted by molar-refractivity contribution is -0.137. The maximum atomic E-state index is 13.3. The predicted molar refractivity (Wildman–Crippen MR) is 144 cm³/mol. The van der Waals surface area contributed by atoms with Crippen molar-refractivity contribution in [2.75, 3.05) is 44.2 Å². The van der Waals surface area contributed by atoms with Crippen LogP contribution >= 0.6 is 0 Å². The molecular formula is C30H35F3N4O. The Morgan fingerprint density at radius 2 is 1.45 bits per heavy atom. The maximum Gasteiger partial charge on any atom is 0.416 e. The highest BCUT2D eigenvalue weighted by Crippen LogP contribution is 2.33. The zero-order valence-corrected chi connectivity index (χ0v) is 21.7. The number of nitrogens with zero attached hydrogens (tertiary/aromatic N) is 4. The summed E-state index contributed by atoms with van der Waals surface area (Å²) in [4.78, 5) is 20.0. The molecule has 0 spiro atoms. The third-order valence-electron chi connectivity index (χ3n) is 8.83. The fraction of sp³-hybridized carbons (Fsp3) is 0.500. The van der Waals surface area contributed by atoms with Gasteiger partial charge in [0.05, 0.1) is 5.56 Å². The number of benzene rings is 2. The normalized spacial score (nSPS) is 20.5. The number of hydrogen-bond acceptors (Lipinski definition) is 3. The lowest BCUT2D eigenvalue weighted by atomic mass is 10.0. The fourth-order valence-corrected chi connectivity index (χ4v) is 6.62. The summed E-state index contributed by atoms with van der Waals surface area (Å²) >= 11 is 0. The summed E-state index contributed by atoms with van der Waals surface area (Å²) in [6.45, 7) is 5.12. The van der Waals surface area contributed by atoms with E-state index in [4.69, 9.17) is 0 Å². The van der Waals surface area contributed by atoms with Crippen molar-refractivity contribution in [3.8, 4) is 0 Å². The monoisotopic (exact) mass is 524 g/mol. The first kappa shape index (κ1) is 25.3. The van der Waals surface area contributed by atoms with Gasteiger partial charge in [-0.3, -0.25) is 9.69 Å². The van der Waals surface area contributed by atoms with Gasteiger partial charge in [-0.2, -0.15) is 13.2 Å². The molecule has 0 unspecified atom stereocenters. The quantitative estimate of drug-likeness (QED) is 0.407. The average molecular weight is 525 g/mol. The Morgan fingerprint density at radius 1 is 0.763 bits per heavy atom. The van der Waals surface area contributed by atoms with Crippen LogP contribution in [0.2, 0.25) is 0 Å². The van der Waals surface area contributed by atoms with Crippen LogP contribution in [-0.4, -0.2) is 65.6 Å². The zero-order chi connectivity index (χ0) is 26.3. The van der Waals surface area contributed by atoms with E-state index >= 15 is 0 Å². The van der Waals surface area contributed by atoms with Crippen molar-refractivity contribution in [1.29, 1.82) is 0 Å². The third-order valence-corrected chi connectivity index (χ3v) is 8.83. The van der Waals surface area contributed by atoms with E-state index in [0.29, 0.717) is 12.1 Å². The van der Waals surface area contributed by atoms with Crippen LogP contribution in [0.25, 0.3) is 10.9 Å². The summed E-state index contributed by atoms with van der Waals surface area (Å²) in [7, 11) is 0. The number of piperazine rings is 1. The second-order valence-electron chi connectivity index (χ2n) is 11.0. The summed E-state index contributed by atoms with van der Waals surface area (Å²) in [5.41, 5.74) is 2.10. The highest BCUT2D eigenvalue weighted by atomic mass is 19.4. The molecule has 3 aliphatic rings. The van der Waals surface area contributed by atoms with Crippen molar-refractivity contribution < 1.29 is 18.0 Å². The van der Waals surface area contributed by atoms with Crippen LogP contribution < -0.4 is 4.90 Å². The molecule has 0 radical (unpaired) electrons. The first-order valence-corrected chi connectivity index (χ1v) is 13.9. The second kappa shape index (κ2) is 10.3. The maximum absolute atomic E-state index is 13.3. The molecule has 2 aliphatic heterocycles. The number of fused-ring (bicyclic) bond motifs is 1. The molecule has 1 aliphatic carbocycles. The van der Waals surface area contributed by atoms with Gasteiger partial charge in [0.2, 0.25) is 0 Å². The van der Waals surface area contributed by atoms with Crippen molar-refractivity contribution in [3.05, 3.63) is 65.9 Å². The van der Waals surface area contributed by atoms with Gasteiger partial charge in [0.25, 0.3) is 5.91 Å². The number of alkyl halides is 3. The fourth-order valence-electron chi connectivity index (χ4n) is 6.62. The highest BCUT2D eigenvalue weighted by Gasteiger charge is 2.31. The molecule has 3 aromatic rings. The summed E-state index contributed by atoms with van der Waals surface area (Å²) in [5.74, 6) is 0.121. The van der Waals surface area contributed by atoms with E-state index in [2.05, 4.69) is 32.7 Å². The van der Waals surface area contributed by atoms with E-state index in [1.807, 2.05) is 17.0 Å². The number of rotatable bonds is 4. The van der Waals surface area contributed by atoms with Crippen molar-refractivity contribution >= 4 is 22.5 Å². The molecule has 202 valence electrons. The van der Waals surface area contributed by atoms with Crippen LogP contribution in [0.1, 0.15) is 60.5 Å². The number of halogens is 3. The molecule has 2 aromatic carbocycles. The smallest absolute Gasteiger partial charge is 0.371 e. The van der Waals surface area contributed by atoms with Gasteiger partial charge in [-0.05, 0) is 74.2 Å². The van der Waals surface area contributed by atoms with E-state index in [1.54, 1.807) is 12.1 Å². The number of carbonyl (C=O) groups is 1. The van der Waals surface area contributed by atoms with Crippen molar-refractivity contribution in [2.45, 2.75) is 56.8 Å². The van der Waals surface area contributed by atoms with E-state index in [-0.39, 0.29) is 5.91 Å². The van der Waals surface area contributed by atoms with Gasteiger partial charge in [-0.25, -0.2) is 0 Å². The molecule has 2 saturated heterocycles. The highest BCUT2D eigenvalue weighted by molar-refractivity contribution is 5.98. The van der Waals surface area contributed by atoms with Crippen molar-refractivity contribution in [3.63, 3.8) is 0 Å². The first-order valence-electron chi connectivity index (χ1n) is 13.9. The predicted octanol–water partition coefficient (Wildman–Crippen LogP) is 6.20. The molecular weight excluding hydrogens is 489 g/mol. The number of anilines is 1. The van der Waals surface area contributed by atoms with Crippen LogP contribution in [0.5, 0.6) is 0 Å². The third kappa shape index (κ3) is 5.03. The van der Waals surface area contributed by atoms with Crippen molar-refractivity contribution in [2.24, 2.45) is 0 Å². The van der Waals surface area contributed by atoms with Crippen LogP contribution in [0.3, 0.4) is 0 Å². The summed E-state index contributed by atoms with van der Waals surface area (Å²) < 4.78 is 41.0. The van der Waals surface area contributed by atoms with Gasteiger partial charge in [0.1, 0.15) is 0 Å². The Morgan fingerprint density at radius 3 is 2.11 bits per heavy atom. The molecule has 0 atom stereocenters. The van der Waals surface area contributed by atoms with E-state index in [9.17, 15) is 18.0 Å². The standard InChI is InChI=1S/C30H35F3N4O/c31-30(32,33)24-6-8-26(9-7-24)34-14-12-27(13-15-34)37-16-11-22-21-23(5-10-28(22)37)29(38)36-19-17-35(18-20-36)25-3-1-2-4-25/h5-11,16,21,25,27H,1-4,12-15,17-20H2. The van der Waals surface area contributed by atoms with Gasteiger partial charge < -0.3 is 14.4 Å². The molecule has 1 amide bonds. The zero-order valence-electron chi connectivity index (χ0n) is 21.7. The molecule has 0 bridgehead atoms. The van der Waals surface area contributed by atoms with E-state index in [0.717, 1.165) is 86.4 Å². The molecule has 1 saturated carbocycles. The number of amides is 1. The summed E-state index contributed by atoms with van der Waals surface area (Å²) in [5, 5.41) is 1.07. The molecule has 5 nitrogen and oxygen atoms in total. The van der Waals surface area contributed by atoms with Crippen LogP contribution in [0.15, 0.2) is 54.7 Å². The summed E-state index contributed by atoms with van der Waals surface area (Å²) in [6.07, 6.45) is 4.90. The Bertz CT molecular complexity index is 1260. The number of aromatic nitrogens is 1. The van der Waals surface area contributed by atoms with Gasteiger partial charge in [0, 0.05) is 79.7 Å². The number of hydrogen-bond donors (Lipinski definition) is 0. The minimum Gasteiger partial charge on any atom is -0.371 e. The Hall–Kier alpha value is -3.00. The van der Waals surface area contributed by atoms with Crippen LogP contribution in [0.4, 0.5) is 18.9 Å². The number of piperidine rings is 1. The number of carbonyl (C=O) groups excluding carboxylic acids is 1. The topological polar surface area (TPSA) is 31.7 Å². The van der Waals surface area contributed by atoms with Gasteiger partial charge in [-0.15, -0.1) is 0 Å². The van der Waals surface area contributed by atoms with E-state index < -0.39 is 11.7 Å².